The Bertz CT molecular complexity index is 438. The fourth-order valence-electron chi connectivity index (χ4n) is 0.880. The third-order valence-corrected chi connectivity index (χ3v) is 1.48. The van der Waals surface area contributed by atoms with Gasteiger partial charge < -0.3 is 0 Å². The first-order valence-corrected chi connectivity index (χ1v) is 3.34. The summed E-state index contributed by atoms with van der Waals surface area (Å²) in [7, 11) is 0. The fraction of sp³-hybridized carbons (Fsp3) is 0. The van der Waals surface area contributed by atoms with Crippen molar-refractivity contribution in [1.29, 1.82) is 5.26 Å². The van der Waals surface area contributed by atoms with Gasteiger partial charge in [0.25, 0.3) is 5.69 Å². The van der Waals surface area contributed by atoms with E-state index in [0.29, 0.717) is 5.56 Å². The van der Waals surface area contributed by atoms with Gasteiger partial charge in [0.05, 0.1) is 16.6 Å². The Morgan fingerprint density at radius 3 is 2.69 bits per heavy atom. The first-order valence-electron chi connectivity index (χ1n) is 3.34. The van der Waals surface area contributed by atoms with Crippen molar-refractivity contribution in [1.82, 2.24) is 0 Å². The molecule has 0 bridgehead atoms. The van der Waals surface area contributed by atoms with Crippen LogP contribution in [0.5, 0.6) is 0 Å². The molecule has 0 atom stereocenters. The lowest BCUT2D eigenvalue weighted by molar-refractivity contribution is -0.385. The van der Waals surface area contributed by atoms with Crippen molar-refractivity contribution in [2.45, 2.75) is 0 Å². The van der Waals surface area contributed by atoms with Crippen molar-refractivity contribution in [3.05, 3.63) is 39.4 Å². The summed E-state index contributed by atoms with van der Waals surface area (Å²) in [5, 5.41) is 18.9. The van der Waals surface area contributed by atoms with E-state index in [1.165, 1.54) is 18.2 Å². The van der Waals surface area contributed by atoms with E-state index in [1.54, 1.807) is 0 Å². The van der Waals surface area contributed by atoms with Crippen LogP contribution < -0.4 is 0 Å². The Morgan fingerprint density at radius 1 is 1.54 bits per heavy atom. The van der Waals surface area contributed by atoms with Gasteiger partial charge in [-0.1, -0.05) is 5.92 Å². The summed E-state index contributed by atoms with van der Waals surface area (Å²) < 4.78 is 0. The normalized spacial score (nSPS) is 8.46. The second-order valence-corrected chi connectivity index (χ2v) is 2.25. The Morgan fingerprint density at radius 2 is 2.23 bits per heavy atom. The quantitative estimate of drug-likeness (QED) is 0.365. The number of nitro benzene ring substituents is 1. The Hall–Kier alpha value is -2.33. The minimum absolute atomic E-state index is 0.129. The fourth-order valence-corrected chi connectivity index (χ4v) is 0.880. The number of rotatable bonds is 1. The monoisotopic (exact) mass is 172 g/mol. The lowest BCUT2D eigenvalue weighted by Crippen LogP contribution is -1.92. The van der Waals surface area contributed by atoms with Crippen LogP contribution in [0.3, 0.4) is 0 Å². The van der Waals surface area contributed by atoms with E-state index >= 15 is 0 Å². The van der Waals surface area contributed by atoms with Crippen LogP contribution in [0, 0.1) is 33.8 Å². The number of benzene rings is 1. The van der Waals surface area contributed by atoms with Gasteiger partial charge in [0, 0.05) is 6.07 Å². The Kier molecular flexibility index (Phi) is 2.28. The molecule has 62 valence electrons. The predicted molar refractivity (Wildman–Crippen MR) is 45.7 cm³/mol. The van der Waals surface area contributed by atoms with Gasteiger partial charge in [-0.3, -0.25) is 10.1 Å². The number of nitrogens with zero attached hydrogens (tertiary/aromatic N) is 2. The van der Waals surface area contributed by atoms with Crippen molar-refractivity contribution in [2.24, 2.45) is 0 Å². The molecule has 0 amide bonds. The highest BCUT2D eigenvalue weighted by Crippen LogP contribution is 2.18. The van der Waals surface area contributed by atoms with Gasteiger partial charge in [-0.25, -0.2) is 0 Å². The Balaban J connectivity index is 3.36. The molecule has 0 radical (unpaired) electrons. The molecule has 1 aromatic carbocycles. The van der Waals surface area contributed by atoms with Crippen LogP contribution in [0.4, 0.5) is 5.69 Å². The number of nitro groups is 1. The summed E-state index contributed by atoms with van der Waals surface area (Å²) in [4.78, 5) is 9.83. The van der Waals surface area contributed by atoms with Gasteiger partial charge >= 0.3 is 0 Å². The van der Waals surface area contributed by atoms with Crippen LogP contribution in [-0.4, -0.2) is 4.92 Å². The summed E-state index contributed by atoms with van der Waals surface area (Å²) in [6.45, 7) is 0. The van der Waals surface area contributed by atoms with E-state index < -0.39 is 4.92 Å². The first-order chi connectivity index (χ1) is 6.19. The van der Waals surface area contributed by atoms with E-state index in [2.05, 4.69) is 5.92 Å². The summed E-state index contributed by atoms with van der Waals surface area (Å²) >= 11 is 0. The molecule has 0 saturated heterocycles. The van der Waals surface area contributed by atoms with Crippen molar-refractivity contribution >= 4 is 5.69 Å². The molecule has 4 nitrogen and oxygen atoms in total. The molecule has 0 N–H and O–H groups in total. The number of hydrogen-bond donors (Lipinski definition) is 0. The van der Waals surface area contributed by atoms with E-state index in [1.807, 2.05) is 6.07 Å². The predicted octanol–water partition coefficient (Wildman–Crippen LogP) is 1.45. The molecule has 0 saturated carbocycles. The van der Waals surface area contributed by atoms with E-state index in [0.717, 1.165) is 0 Å². The minimum Gasteiger partial charge on any atom is -0.258 e. The zero-order valence-corrected chi connectivity index (χ0v) is 6.52. The van der Waals surface area contributed by atoms with Crippen LogP contribution in [0.15, 0.2) is 18.2 Å². The molecule has 4 heteroatoms. The molecule has 0 aromatic heterocycles. The highest BCUT2D eigenvalue weighted by molar-refractivity contribution is 5.53. The molecule has 0 aliphatic heterocycles. The topological polar surface area (TPSA) is 66.9 Å². The van der Waals surface area contributed by atoms with E-state index in [-0.39, 0.29) is 11.3 Å². The maximum absolute atomic E-state index is 10.4. The molecule has 0 aliphatic rings. The molecule has 1 aromatic rings. The van der Waals surface area contributed by atoms with Crippen LogP contribution >= 0.6 is 0 Å². The number of terminal acetylenes is 1. The summed E-state index contributed by atoms with van der Waals surface area (Å²) in [6.07, 6.45) is 5.05. The number of nitriles is 1. The highest BCUT2D eigenvalue weighted by atomic mass is 16.6. The molecule has 0 unspecified atom stereocenters. The zero-order valence-electron chi connectivity index (χ0n) is 6.52. The SMILES string of the molecule is C#Cc1cc(C#N)ccc1[N+](=O)[O-]. The molecular formula is C9H4N2O2. The minimum atomic E-state index is -0.573. The molecule has 0 aliphatic carbocycles. The summed E-state index contributed by atoms with van der Waals surface area (Å²) in [6, 6.07) is 5.76. The van der Waals surface area contributed by atoms with Gasteiger partial charge in [0.2, 0.25) is 0 Å². The molecule has 0 heterocycles. The van der Waals surface area contributed by atoms with E-state index in [4.69, 9.17) is 11.7 Å². The van der Waals surface area contributed by atoms with Crippen LogP contribution in [0.2, 0.25) is 0 Å². The lowest BCUT2D eigenvalue weighted by atomic mass is 10.1. The smallest absolute Gasteiger partial charge is 0.258 e. The molecule has 0 fully saturated rings. The van der Waals surface area contributed by atoms with Gasteiger partial charge in [0.1, 0.15) is 5.56 Å². The first kappa shape index (κ1) is 8.76. The highest BCUT2D eigenvalue weighted by Gasteiger charge is 2.11. The maximum Gasteiger partial charge on any atom is 0.285 e. The van der Waals surface area contributed by atoms with Gasteiger partial charge in [-0.05, 0) is 12.1 Å². The third-order valence-electron chi connectivity index (χ3n) is 1.48. The van der Waals surface area contributed by atoms with Crippen LogP contribution in [0.1, 0.15) is 11.1 Å². The van der Waals surface area contributed by atoms with Gasteiger partial charge in [-0.2, -0.15) is 5.26 Å². The Labute approximate surface area is 74.6 Å². The number of hydrogen-bond acceptors (Lipinski definition) is 3. The van der Waals surface area contributed by atoms with Crippen molar-refractivity contribution in [2.75, 3.05) is 0 Å². The molecule has 0 spiro atoms. The van der Waals surface area contributed by atoms with Crippen molar-refractivity contribution in [3.8, 4) is 18.4 Å². The maximum atomic E-state index is 10.4. The second kappa shape index (κ2) is 3.38. The third kappa shape index (κ3) is 1.63. The van der Waals surface area contributed by atoms with Crippen LogP contribution in [-0.2, 0) is 0 Å². The van der Waals surface area contributed by atoms with E-state index in [9.17, 15) is 10.1 Å². The molecule has 13 heavy (non-hydrogen) atoms. The average molecular weight is 172 g/mol. The van der Waals surface area contributed by atoms with Crippen molar-refractivity contribution in [3.63, 3.8) is 0 Å². The summed E-state index contributed by atoms with van der Waals surface area (Å²) in [5.41, 5.74) is 0.295. The summed E-state index contributed by atoms with van der Waals surface area (Å²) in [5.74, 6) is 2.16. The second-order valence-electron chi connectivity index (χ2n) is 2.25. The zero-order chi connectivity index (χ0) is 9.84. The molecule has 1 rings (SSSR count). The largest absolute Gasteiger partial charge is 0.285 e. The standard InChI is InChI=1S/C9H4N2O2/c1-2-8-5-7(6-10)3-4-9(8)11(12)13/h1,3-5H. The lowest BCUT2D eigenvalue weighted by Gasteiger charge is -1.94. The average Bonchev–Trinajstić information content (AvgIpc) is 2.16. The molecular weight excluding hydrogens is 168 g/mol. The van der Waals surface area contributed by atoms with Gasteiger partial charge in [-0.15, -0.1) is 6.42 Å². The van der Waals surface area contributed by atoms with Crippen LogP contribution in [0.25, 0.3) is 0 Å². The van der Waals surface area contributed by atoms with Gasteiger partial charge in [0.15, 0.2) is 0 Å². The van der Waals surface area contributed by atoms with Crippen molar-refractivity contribution < 1.29 is 4.92 Å².